The predicted octanol–water partition coefficient (Wildman–Crippen LogP) is 0.784. The molecule has 4 nitrogen and oxygen atoms in total. The Balaban J connectivity index is 2.95. The molecule has 0 unspecified atom stereocenters. The molecule has 2 amide bonds. The van der Waals surface area contributed by atoms with Crippen LogP contribution in [0.2, 0.25) is 0 Å². The van der Waals surface area contributed by atoms with Gasteiger partial charge < -0.3 is 11.5 Å². The van der Waals surface area contributed by atoms with E-state index in [9.17, 15) is 4.79 Å². The molecule has 0 bridgehead atoms. The minimum atomic E-state index is -0.499. The smallest absolute Gasteiger partial charge is 0.318 e. The molecule has 0 atom stereocenters. The molecule has 0 aliphatic rings. The summed E-state index contributed by atoms with van der Waals surface area (Å²) >= 11 is 0. The quantitative estimate of drug-likeness (QED) is 0.603. The van der Waals surface area contributed by atoms with Crippen LogP contribution in [0.4, 0.5) is 16.2 Å². The number of hydrogen-bond acceptors (Lipinski definition) is 2. The van der Waals surface area contributed by atoms with E-state index < -0.39 is 6.03 Å². The molecule has 0 aromatic heterocycles. The van der Waals surface area contributed by atoms with Crippen LogP contribution in [0.5, 0.6) is 0 Å². The Kier molecular flexibility index (Phi) is 2.19. The first kappa shape index (κ1) is 8.39. The highest BCUT2D eigenvalue weighted by Gasteiger charge is 2.04. The summed E-state index contributed by atoms with van der Waals surface area (Å²) < 4.78 is 0. The third-order valence-electron chi connectivity index (χ3n) is 1.59. The van der Waals surface area contributed by atoms with Gasteiger partial charge >= 0.3 is 6.03 Å². The fourth-order valence-electron chi connectivity index (χ4n) is 0.861. The van der Waals surface area contributed by atoms with E-state index in [2.05, 4.69) is 0 Å². The van der Waals surface area contributed by atoms with Crippen molar-refractivity contribution in [1.82, 2.24) is 0 Å². The molecule has 1 aromatic carbocycles. The molecule has 4 heteroatoms. The van der Waals surface area contributed by atoms with Gasteiger partial charge in [0.1, 0.15) is 0 Å². The molecule has 1 rings (SSSR count). The van der Waals surface area contributed by atoms with E-state index in [1.54, 1.807) is 31.3 Å². The van der Waals surface area contributed by atoms with Crippen molar-refractivity contribution in [3.05, 3.63) is 24.3 Å². The molecule has 64 valence electrons. The zero-order valence-corrected chi connectivity index (χ0v) is 6.82. The molecular formula is C8H11N3O. The minimum absolute atomic E-state index is 0.499. The van der Waals surface area contributed by atoms with Crippen LogP contribution in [0.3, 0.4) is 0 Å². The van der Waals surface area contributed by atoms with Crippen molar-refractivity contribution in [3.63, 3.8) is 0 Å². The molecule has 12 heavy (non-hydrogen) atoms. The second-order valence-corrected chi connectivity index (χ2v) is 2.49. The number of carbonyl (C=O) groups is 1. The number of amides is 2. The van der Waals surface area contributed by atoms with Crippen LogP contribution < -0.4 is 16.4 Å². The third-order valence-corrected chi connectivity index (χ3v) is 1.59. The lowest BCUT2D eigenvalue weighted by atomic mass is 10.3. The number of nitrogens with zero attached hydrogens (tertiary/aromatic N) is 1. The fourth-order valence-corrected chi connectivity index (χ4v) is 0.861. The molecule has 1 aromatic rings. The van der Waals surface area contributed by atoms with Crippen molar-refractivity contribution in [1.29, 1.82) is 0 Å². The largest absolute Gasteiger partial charge is 0.399 e. The lowest BCUT2D eigenvalue weighted by Gasteiger charge is -2.13. The van der Waals surface area contributed by atoms with Gasteiger partial charge in [-0.1, -0.05) is 6.07 Å². The lowest BCUT2D eigenvalue weighted by molar-refractivity contribution is 0.255. The molecule has 0 aliphatic heterocycles. The van der Waals surface area contributed by atoms with Gasteiger partial charge in [-0.15, -0.1) is 0 Å². The summed E-state index contributed by atoms with van der Waals surface area (Å²) in [6, 6.07) is 6.47. The molecule has 0 heterocycles. The molecule has 0 fully saturated rings. The Morgan fingerprint density at radius 3 is 2.67 bits per heavy atom. The molecule has 0 saturated heterocycles. The van der Waals surface area contributed by atoms with Crippen LogP contribution in [0, 0.1) is 0 Å². The Labute approximate surface area is 70.8 Å². The molecular weight excluding hydrogens is 154 g/mol. The zero-order valence-electron chi connectivity index (χ0n) is 6.82. The molecule has 0 saturated carbocycles. The van der Waals surface area contributed by atoms with Crippen molar-refractivity contribution in [3.8, 4) is 0 Å². The van der Waals surface area contributed by atoms with Gasteiger partial charge in [-0.3, -0.25) is 4.90 Å². The summed E-state index contributed by atoms with van der Waals surface area (Å²) in [5.74, 6) is 0. The van der Waals surface area contributed by atoms with Crippen LogP contribution in [-0.4, -0.2) is 13.1 Å². The zero-order chi connectivity index (χ0) is 9.14. The maximum Gasteiger partial charge on any atom is 0.318 e. The number of benzene rings is 1. The van der Waals surface area contributed by atoms with Crippen molar-refractivity contribution >= 4 is 17.4 Å². The second-order valence-electron chi connectivity index (χ2n) is 2.49. The number of hydrogen-bond donors (Lipinski definition) is 2. The first-order chi connectivity index (χ1) is 5.61. The van der Waals surface area contributed by atoms with Crippen molar-refractivity contribution < 1.29 is 4.79 Å². The summed E-state index contributed by atoms with van der Waals surface area (Å²) in [7, 11) is 1.59. The van der Waals surface area contributed by atoms with Gasteiger partial charge in [0.15, 0.2) is 0 Å². The summed E-state index contributed by atoms with van der Waals surface area (Å²) in [6.45, 7) is 0. The number of primary amides is 1. The van der Waals surface area contributed by atoms with Crippen molar-refractivity contribution in [2.45, 2.75) is 0 Å². The van der Waals surface area contributed by atoms with E-state index in [4.69, 9.17) is 11.5 Å². The fraction of sp³-hybridized carbons (Fsp3) is 0.125. The van der Waals surface area contributed by atoms with Gasteiger partial charge in [-0.2, -0.15) is 0 Å². The third kappa shape index (κ3) is 1.66. The SMILES string of the molecule is CN(C(N)=O)c1cccc(N)c1. The average Bonchev–Trinajstić information content (AvgIpc) is 2.03. The van der Waals surface area contributed by atoms with E-state index in [-0.39, 0.29) is 0 Å². The Morgan fingerprint density at radius 2 is 2.17 bits per heavy atom. The number of nitrogens with two attached hydrogens (primary N) is 2. The van der Waals surface area contributed by atoms with Crippen LogP contribution in [0.15, 0.2) is 24.3 Å². The van der Waals surface area contributed by atoms with E-state index in [0.29, 0.717) is 11.4 Å². The monoisotopic (exact) mass is 165 g/mol. The summed E-state index contributed by atoms with van der Waals surface area (Å²) in [5, 5.41) is 0. The van der Waals surface area contributed by atoms with E-state index >= 15 is 0 Å². The van der Waals surface area contributed by atoms with Gasteiger partial charge in [0.2, 0.25) is 0 Å². The van der Waals surface area contributed by atoms with Crippen LogP contribution in [0.1, 0.15) is 0 Å². The summed E-state index contributed by atoms with van der Waals surface area (Å²) in [4.78, 5) is 12.0. The average molecular weight is 165 g/mol. The predicted molar refractivity (Wildman–Crippen MR) is 48.8 cm³/mol. The van der Waals surface area contributed by atoms with Gasteiger partial charge in [0.05, 0.1) is 0 Å². The maximum atomic E-state index is 10.7. The standard InChI is InChI=1S/C8H11N3O/c1-11(8(10)12)7-4-2-3-6(9)5-7/h2-5H,9H2,1H3,(H2,10,12). The number of anilines is 2. The van der Waals surface area contributed by atoms with Gasteiger partial charge in [0.25, 0.3) is 0 Å². The van der Waals surface area contributed by atoms with E-state index in [0.717, 1.165) is 0 Å². The van der Waals surface area contributed by atoms with Gasteiger partial charge in [-0.25, -0.2) is 4.79 Å². The molecule has 4 N–H and O–H groups in total. The highest BCUT2D eigenvalue weighted by atomic mass is 16.2. The molecule has 0 aliphatic carbocycles. The number of rotatable bonds is 1. The van der Waals surface area contributed by atoms with Crippen LogP contribution in [0.25, 0.3) is 0 Å². The Bertz CT molecular complexity index is 298. The normalized spacial score (nSPS) is 9.42. The maximum absolute atomic E-state index is 10.7. The molecule has 0 radical (unpaired) electrons. The summed E-state index contributed by atoms with van der Waals surface area (Å²) in [6.07, 6.45) is 0. The summed E-state index contributed by atoms with van der Waals surface area (Å²) in [5.41, 5.74) is 11.9. The van der Waals surface area contributed by atoms with Crippen LogP contribution in [-0.2, 0) is 0 Å². The minimum Gasteiger partial charge on any atom is -0.399 e. The van der Waals surface area contributed by atoms with Crippen molar-refractivity contribution in [2.24, 2.45) is 5.73 Å². The Hall–Kier alpha value is -1.71. The van der Waals surface area contributed by atoms with Crippen molar-refractivity contribution in [2.75, 3.05) is 17.7 Å². The van der Waals surface area contributed by atoms with Gasteiger partial charge in [0, 0.05) is 18.4 Å². The first-order valence-corrected chi connectivity index (χ1v) is 3.50. The molecule has 0 spiro atoms. The lowest BCUT2D eigenvalue weighted by Crippen LogP contribution is -2.31. The number of carbonyl (C=O) groups excluding carboxylic acids is 1. The topological polar surface area (TPSA) is 72.3 Å². The second kappa shape index (κ2) is 3.13. The van der Waals surface area contributed by atoms with Gasteiger partial charge in [-0.05, 0) is 18.2 Å². The Morgan fingerprint density at radius 1 is 1.50 bits per heavy atom. The highest BCUT2D eigenvalue weighted by molar-refractivity contribution is 5.90. The van der Waals surface area contributed by atoms with E-state index in [1.165, 1.54) is 4.90 Å². The van der Waals surface area contributed by atoms with Crippen LogP contribution >= 0.6 is 0 Å². The highest BCUT2D eigenvalue weighted by Crippen LogP contribution is 2.15. The first-order valence-electron chi connectivity index (χ1n) is 3.50. The number of nitrogen functional groups attached to an aromatic ring is 1. The van der Waals surface area contributed by atoms with E-state index in [1.807, 2.05) is 0 Å². The number of urea groups is 1.